The van der Waals surface area contributed by atoms with Crippen LogP contribution in [0.25, 0.3) is 0 Å². The van der Waals surface area contributed by atoms with E-state index in [1.54, 1.807) is 7.11 Å². The standard InChI is InChI=1S/C18H30O3/c1-17(2,3)15(19)13-10-8-12(9-11-13)14(21-7)16(20)18(4,5)6/h8-11,14-16,19-20H,1-7H3. The van der Waals surface area contributed by atoms with E-state index in [0.29, 0.717) is 0 Å². The predicted molar refractivity (Wildman–Crippen MR) is 86.1 cm³/mol. The average Bonchev–Trinajstić information content (AvgIpc) is 2.37. The SMILES string of the molecule is COC(c1ccc(C(O)C(C)(C)C)cc1)C(O)C(C)(C)C. The molecule has 2 N–H and O–H groups in total. The van der Waals surface area contributed by atoms with Crippen LogP contribution in [0.3, 0.4) is 0 Å². The van der Waals surface area contributed by atoms with Crippen molar-refractivity contribution in [3.63, 3.8) is 0 Å². The molecule has 0 radical (unpaired) electrons. The van der Waals surface area contributed by atoms with Crippen molar-refractivity contribution in [1.29, 1.82) is 0 Å². The monoisotopic (exact) mass is 294 g/mol. The molecule has 0 fully saturated rings. The molecule has 3 heteroatoms. The smallest absolute Gasteiger partial charge is 0.108 e. The van der Waals surface area contributed by atoms with Crippen LogP contribution < -0.4 is 0 Å². The summed E-state index contributed by atoms with van der Waals surface area (Å²) in [6.07, 6.45) is -1.48. The number of aliphatic hydroxyl groups is 2. The number of rotatable bonds is 4. The summed E-state index contributed by atoms with van der Waals surface area (Å²) in [5.74, 6) is 0. The summed E-state index contributed by atoms with van der Waals surface area (Å²) in [6.45, 7) is 12.0. The van der Waals surface area contributed by atoms with Gasteiger partial charge < -0.3 is 14.9 Å². The van der Waals surface area contributed by atoms with E-state index in [1.807, 2.05) is 65.8 Å². The van der Waals surface area contributed by atoms with Gasteiger partial charge in [0.05, 0.1) is 12.2 Å². The molecule has 0 heterocycles. The normalized spacial score (nSPS) is 17.4. The molecule has 3 unspecified atom stereocenters. The van der Waals surface area contributed by atoms with Crippen molar-refractivity contribution in [3.05, 3.63) is 35.4 Å². The highest BCUT2D eigenvalue weighted by molar-refractivity contribution is 5.27. The third kappa shape index (κ3) is 4.53. The van der Waals surface area contributed by atoms with Crippen LogP contribution in [0.2, 0.25) is 0 Å². The summed E-state index contributed by atoms with van der Waals surface area (Å²) in [6, 6.07) is 7.67. The minimum Gasteiger partial charge on any atom is -0.390 e. The van der Waals surface area contributed by atoms with Crippen molar-refractivity contribution in [3.8, 4) is 0 Å². The highest BCUT2D eigenvalue weighted by Gasteiger charge is 2.32. The lowest BCUT2D eigenvalue weighted by Gasteiger charge is -2.32. The molecule has 0 aliphatic heterocycles. The van der Waals surface area contributed by atoms with Gasteiger partial charge >= 0.3 is 0 Å². The largest absolute Gasteiger partial charge is 0.390 e. The van der Waals surface area contributed by atoms with Crippen molar-refractivity contribution in [2.75, 3.05) is 7.11 Å². The van der Waals surface area contributed by atoms with Crippen LogP contribution in [0, 0.1) is 10.8 Å². The lowest BCUT2D eigenvalue weighted by Crippen LogP contribution is -2.33. The Balaban J connectivity index is 3.00. The predicted octanol–water partition coefficient (Wildman–Crippen LogP) is 3.86. The van der Waals surface area contributed by atoms with Crippen LogP contribution in [0.1, 0.15) is 64.9 Å². The molecule has 1 rings (SSSR count). The summed E-state index contributed by atoms with van der Waals surface area (Å²) in [7, 11) is 1.61. The number of hydrogen-bond donors (Lipinski definition) is 2. The van der Waals surface area contributed by atoms with E-state index in [0.717, 1.165) is 11.1 Å². The number of benzene rings is 1. The molecule has 1 aromatic rings. The second-order valence-corrected chi connectivity index (χ2v) is 7.90. The Morgan fingerprint density at radius 3 is 1.57 bits per heavy atom. The van der Waals surface area contributed by atoms with Gasteiger partial charge in [0.1, 0.15) is 6.10 Å². The first-order valence-corrected chi connectivity index (χ1v) is 7.47. The average molecular weight is 294 g/mol. The van der Waals surface area contributed by atoms with Gasteiger partial charge in [-0.2, -0.15) is 0 Å². The number of hydrogen-bond acceptors (Lipinski definition) is 3. The second-order valence-electron chi connectivity index (χ2n) is 7.90. The Morgan fingerprint density at radius 2 is 1.24 bits per heavy atom. The fourth-order valence-electron chi connectivity index (χ4n) is 2.27. The summed E-state index contributed by atoms with van der Waals surface area (Å²) >= 11 is 0. The van der Waals surface area contributed by atoms with E-state index in [2.05, 4.69) is 0 Å². The molecule has 0 aliphatic rings. The minimum atomic E-state index is -0.596. The second kappa shape index (κ2) is 6.47. The van der Waals surface area contributed by atoms with Crippen molar-refractivity contribution < 1.29 is 14.9 Å². The molecule has 21 heavy (non-hydrogen) atoms. The van der Waals surface area contributed by atoms with Gasteiger partial charge in [0, 0.05) is 7.11 Å². The van der Waals surface area contributed by atoms with Gasteiger partial charge in [-0.15, -0.1) is 0 Å². The molecule has 1 aromatic carbocycles. The van der Waals surface area contributed by atoms with E-state index in [1.165, 1.54) is 0 Å². The molecule has 120 valence electrons. The number of methoxy groups -OCH3 is 1. The topological polar surface area (TPSA) is 49.7 Å². The van der Waals surface area contributed by atoms with Gasteiger partial charge in [-0.05, 0) is 22.0 Å². The zero-order valence-electron chi connectivity index (χ0n) is 14.3. The molecule has 0 saturated carbocycles. The third-order valence-electron chi connectivity index (χ3n) is 3.83. The van der Waals surface area contributed by atoms with Crippen LogP contribution in [-0.4, -0.2) is 23.4 Å². The van der Waals surface area contributed by atoms with Crippen molar-refractivity contribution in [2.45, 2.75) is 59.9 Å². The van der Waals surface area contributed by atoms with E-state index < -0.39 is 12.2 Å². The highest BCUT2D eigenvalue weighted by Crippen LogP contribution is 2.35. The first kappa shape index (κ1) is 18.1. The van der Waals surface area contributed by atoms with Crippen LogP contribution in [0.15, 0.2) is 24.3 Å². The molecule has 0 saturated heterocycles. The van der Waals surface area contributed by atoms with Gasteiger partial charge in [-0.3, -0.25) is 0 Å². The molecule has 3 atom stereocenters. The van der Waals surface area contributed by atoms with E-state index in [4.69, 9.17) is 4.74 Å². The first-order valence-electron chi connectivity index (χ1n) is 7.47. The van der Waals surface area contributed by atoms with Crippen LogP contribution in [0.5, 0.6) is 0 Å². The fourth-order valence-corrected chi connectivity index (χ4v) is 2.27. The Morgan fingerprint density at radius 1 is 0.810 bits per heavy atom. The van der Waals surface area contributed by atoms with Crippen molar-refractivity contribution in [2.24, 2.45) is 10.8 Å². The summed E-state index contributed by atoms with van der Waals surface area (Å²) in [5, 5.41) is 20.7. The highest BCUT2D eigenvalue weighted by atomic mass is 16.5. The van der Waals surface area contributed by atoms with Gasteiger partial charge in [0.15, 0.2) is 0 Å². The number of ether oxygens (including phenoxy) is 1. The molecule has 0 aromatic heterocycles. The quantitative estimate of drug-likeness (QED) is 0.886. The molecular formula is C18H30O3. The first-order chi connectivity index (χ1) is 9.48. The maximum Gasteiger partial charge on any atom is 0.108 e. The summed E-state index contributed by atoms with van der Waals surface area (Å²) in [5.41, 5.74) is 1.34. The number of aliphatic hydroxyl groups excluding tert-OH is 2. The molecular weight excluding hydrogens is 264 g/mol. The Hall–Kier alpha value is -0.900. The van der Waals surface area contributed by atoms with Gasteiger partial charge in [0.2, 0.25) is 0 Å². The maximum atomic E-state index is 10.4. The minimum absolute atomic E-state index is 0.201. The molecule has 3 nitrogen and oxygen atoms in total. The van der Waals surface area contributed by atoms with E-state index in [-0.39, 0.29) is 16.9 Å². The third-order valence-corrected chi connectivity index (χ3v) is 3.83. The lowest BCUT2D eigenvalue weighted by molar-refractivity contribution is -0.0665. The molecule has 0 bridgehead atoms. The van der Waals surface area contributed by atoms with Gasteiger partial charge in [0.25, 0.3) is 0 Å². The molecule has 0 spiro atoms. The van der Waals surface area contributed by atoms with Gasteiger partial charge in [-0.1, -0.05) is 65.8 Å². The van der Waals surface area contributed by atoms with Crippen molar-refractivity contribution >= 4 is 0 Å². The zero-order valence-corrected chi connectivity index (χ0v) is 14.3. The van der Waals surface area contributed by atoms with E-state index in [9.17, 15) is 10.2 Å². The van der Waals surface area contributed by atoms with Crippen LogP contribution in [-0.2, 0) is 4.74 Å². The Labute approximate surface area is 129 Å². The Bertz CT molecular complexity index is 437. The maximum absolute atomic E-state index is 10.4. The van der Waals surface area contributed by atoms with Crippen LogP contribution >= 0.6 is 0 Å². The lowest BCUT2D eigenvalue weighted by atomic mass is 9.82. The fraction of sp³-hybridized carbons (Fsp3) is 0.667. The summed E-state index contributed by atoms with van der Waals surface area (Å²) < 4.78 is 5.48. The van der Waals surface area contributed by atoms with Crippen LogP contribution in [0.4, 0.5) is 0 Å². The molecule has 0 aliphatic carbocycles. The van der Waals surface area contributed by atoms with Crippen molar-refractivity contribution in [1.82, 2.24) is 0 Å². The Kier molecular flexibility index (Phi) is 5.59. The van der Waals surface area contributed by atoms with Gasteiger partial charge in [-0.25, -0.2) is 0 Å². The zero-order chi connectivity index (χ0) is 16.4. The van der Waals surface area contributed by atoms with E-state index >= 15 is 0 Å². The summed E-state index contributed by atoms with van der Waals surface area (Å²) in [4.78, 5) is 0. The molecule has 0 amide bonds.